The number of hydrogen-bond donors (Lipinski definition) is 5. The van der Waals surface area contributed by atoms with Gasteiger partial charge in [0.15, 0.2) is 28.7 Å². The molecule has 0 saturated carbocycles. The maximum absolute atomic E-state index is 11.6. The van der Waals surface area contributed by atoms with Crippen molar-refractivity contribution in [2.45, 2.75) is 0 Å². The quantitative estimate of drug-likeness (QED) is 0.342. The van der Waals surface area contributed by atoms with Crippen LogP contribution in [0.5, 0.6) is 28.7 Å². The Morgan fingerprint density at radius 2 is 1.48 bits per heavy atom. The first kappa shape index (κ1) is 17.7. The Bertz CT molecular complexity index is 989. The van der Waals surface area contributed by atoms with Crippen LogP contribution in [-0.2, 0) is 0 Å². The number of benzene rings is 3. The third-order valence-corrected chi connectivity index (χ3v) is 3.70. The van der Waals surface area contributed by atoms with Gasteiger partial charge < -0.3 is 30.4 Å². The zero-order valence-electron chi connectivity index (χ0n) is 13.8. The number of aromatic carboxylic acids is 1. The minimum absolute atomic E-state index is 0.0493. The number of carboxylic acid groups (broad SMARTS) is 1. The minimum Gasteiger partial charge on any atom is -0.504 e. The SMILES string of the molecule is O=C(O)c1ccc(O)c(O)c1N(Oc1ccc(O)c(O)c1)c1ccccc1. The summed E-state index contributed by atoms with van der Waals surface area (Å²) < 4.78 is 0. The molecule has 0 radical (unpaired) electrons. The van der Waals surface area contributed by atoms with E-state index in [1.54, 1.807) is 30.3 Å². The Kier molecular flexibility index (Phi) is 4.63. The predicted molar refractivity (Wildman–Crippen MR) is 95.7 cm³/mol. The molecule has 0 heterocycles. The highest BCUT2D eigenvalue weighted by Gasteiger charge is 2.26. The zero-order valence-corrected chi connectivity index (χ0v) is 13.8. The lowest BCUT2D eigenvalue weighted by Crippen LogP contribution is -2.24. The second-order valence-corrected chi connectivity index (χ2v) is 5.51. The molecule has 0 atom stereocenters. The van der Waals surface area contributed by atoms with Gasteiger partial charge in [0.2, 0.25) is 0 Å². The summed E-state index contributed by atoms with van der Waals surface area (Å²) in [4.78, 5) is 17.3. The predicted octanol–water partition coefficient (Wildman–Crippen LogP) is 3.34. The van der Waals surface area contributed by atoms with Gasteiger partial charge in [0.05, 0.1) is 11.3 Å². The van der Waals surface area contributed by atoms with Gasteiger partial charge >= 0.3 is 5.97 Å². The van der Waals surface area contributed by atoms with Crippen LogP contribution in [0.3, 0.4) is 0 Å². The van der Waals surface area contributed by atoms with Gasteiger partial charge in [0.1, 0.15) is 5.69 Å². The van der Waals surface area contributed by atoms with Gasteiger partial charge in [-0.2, -0.15) is 5.06 Å². The van der Waals surface area contributed by atoms with E-state index in [0.29, 0.717) is 5.69 Å². The van der Waals surface area contributed by atoms with E-state index < -0.39 is 23.2 Å². The summed E-state index contributed by atoms with van der Waals surface area (Å²) in [6.45, 7) is 0. The Balaban J connectivity index is 2.18. The average molecular weight is 369 g/mol. The first-order valence-electron chi connectivity index (χ1n) is 7.72. The molecule has 8 heteroatoms. The van der Waals surface area contributed by atoms with Crippen LogP contribution in [0.1, 0.15) is 10.4 Å². The average Bonchev–Trinajstić information content (AvgIpc) is 2.65. The Morgan fingerprint density at radius 3 is 2.11 bits per heavy atom. The van der Waals surface area contributed by atoms with Crippen molar-refractivity contribution in [1.82, 2.24) is 0 Å². The second kappa shape index (κ2) is 7.04. The minimum atomic E-state index is -1.35. The van der Waals surface area contributed by atoms with E-state index in [9.17, 15) is 30.3 Å². The number of phenols is 4. The van der Waals surface area contributed by atoms with Gasteiger partial charge in [-0.15, -0.1) is 0 Å². The van der Waals surface area contributed by atoms with Crippen molar-refractivity contribution in [2.24, 2.45) is 0 Å². The molecule has 138 valence electrons. The van der Waals surface area contributed by atoms with E-state index in [-0.39, 0.29) is 22.7 Å². The molecule has 0 saturated heterocycles. The maximum atomic E-state index is 11.6. The third-order valence-electron chi connectivity index (χ3n) is 3.70. The molecule has 0 bridgehead atoms. The molecule has 3 aromatic carbocycles. The lowest BCUT2D eigenvalue weighted by Gasteiger charge is -2.26. The van der Waals surface area contributed by atoms with Crippen molar-refractivity contribution in [3.8, 4) is 28.7 Å². The number of rotatable bonds is 5. The largest absolute Gasteiger partial charge is 0.504 e. The number of aromatic hydroxyl groups is 4. The van der Waals surface area contributed by atoms with Gasteiger partial charge in [-0.05, 0) is 36.4 Å². The molecular weight excluding hydrogens is 354 g/mol. The number of para-hydroxylation sites is 1. The van der Waals surface area contributed by atoms with Crippen LogP contribution < -0.4 is 9.90 Å². The summed E-state index contributed by atoms with van der Waals surface area (Å²) >= 11 is 0. The van der Waals surface area contributed by atoms with E-state index in [2.05, 4.69) is 0 Å². The highest BCUT2D eigenvalue weighted by Crippen LogP contribution is 2.43. The summed E-state index contributed by atoms with van der Waals surface area (Å²) in [5.41, 5.74) is -0.285. The van der Waals surface area contributed by atoms with Crippen LogP contribution in [-0.4, -0.2) is 31.5 Å². The molecule has 0 aliphatic heterocycles. The molecule has 0 aliphatic rings. The molecule has 5 N–H and O–H groups in total. The van der Waals surface area contributed by atoms with Crippen molar-refractivity contribution in [1.29, 1.82) is 0 Å². The zero-order chi connectivity index (χ0) is 19.6. The Labute approximate surface area is 153 Å². The highest BCUT2D eigenvalue weighted by atomic mass is 16.7. The van der Waals surface area contributed by atoms with Crippen molar-refractivity contribution >= 4 is 17.3 Å². The van der Waals surface area contributed by atoms with Crippen LogP contribution in [0.2, 0.25) is 0 Å². The Hall–Kier alpha value is -4.07. The van der Waals surface area contributed by atoms with Crippen molar-refractivity contribution < 1.29 is 35.2 Å². The van der Waals surface area contributed by atoms with Crippen LogP contribution >= 0.6 is 0 Å². The van der Waals surface area contributed by atoms with Crippen molar-refractivity contribution in [3.05, 3.63) is 66.2 Å². The molecule has 8 nitrogen and oxygen atoms in total. The molecule has 27 heavy (non-hydrogen) atoms. The van der Waals surface area contributed by atoms with Crippen LogP contribution in [0.4, 0.5) is 11.4 Å². The molecule has 0 aromatic heterocycles. The fraction of sp³-hybridized carbons (Fsp3) is 0. The number of hydrogen-bond acceptors (Lipinski definition) is 7. The second-order valence-electron chi connectivity index (χ2n) is 5.51. The molecule has 0 unspecified atom stereocenters. The summed E-state index contributed by atoms with van der Waals surface area (Å²) in [6.07, 6.45) is 0. The van der Waals surface area contributed by atoms with Crippen LogP contribution in [0.25, 0.3) is 0 Å². The molecule has 0 aliphatic carbocycles. The number of carboxylic acids is 1. The first-order valence-corrected chi connectivity index (χ1v) is 7.72. The van der Waals surface area contributed by atoms with Crippen LogP contribution in [0, 0.1) is 0 Å². The van der Waals surface area contributed by atoms with E-state index in [1.165, 1.54) is 12.1 Å². The monoisotopic (exact) mass is 369 g/mol. The molecule has 3 aromatic rings. The summed E-state index contributed by atoms with van der Waals surface area (Å²) in [7, 11) is 0. The normalized spacial score (nSPS) is 10.4. The number of nitrogens with zero attached hydrogens (tertiary/aromatic N) is 1. The molecule has 3 rings (SSSR count). The fourth-order valence-corrected chi connectivity index (χ4v) is 2.40. The topological polar surface area (TPSA) is 131 Å². The van der Waals surface area contributed by atoms with Gasteiger partial charge in [-0.1, -0.05) is 18.2 Å². The Morgan fingerprint density at radius 1 is 0.815 bits per heavy atom. The fourth-order valence-electron chi connectivity index (χ4n) is 2.40. The van der Waals surface area contributed by atoms with Crippen molar-refractivity contribution in [3.63, 3.8) is 0 Å². The number of anilines is 2. The molecule has 0 amide bonds. The van der Waals surface area contributed by atoms with E-state index in [1.807, 2.05) is 0 Å². The number of phenolic OH excluding ortho intramolecular Hbond substituents is 4. The van der Waals surface area contributed by atoms with E-state index >= 15 is 0 Å². The van der Waals surface area contributed by atoms with Crippen molar-refractivity contribution in [2.75, 3.05) is 5.06 Å². The smallest absolute Gasteiger partial charge is 0.338 e. The maximum Gasteiger partial charge on any atom is 0.338 e. The standard InChI is InChI=1S/C19H15NO7/c21-14-8-6-12(10-16(14)23)27-20(11-4-2-1-3-5-11)17-13(19(25)26)7-9-15(22)18(17)24/h1-10,21-24H,(H,25,26). The summed E-state index contributed by atoms with van der Waals surface area (Å²) in [5, 5.41) is 49.7. The van der Waals surface area contributed by atoms with Gasteiger partial charge in [0, 0.05) is 6.07 Å². The van der Waals surface area contributed by atoms with Gasteiger partial charge in [-0.3, -0.25) is 0 Å². The van der Waals surface area contributed by atoms with E-state index in [4.69, 9.17) is 4.84 Å². The molecular formula is C19H15NO7. The lowest BCUT2D eigenvalue weighted by molar-refractivity contribution is 0.0696. The van der Waals surface area contributed by atoms with E-state index in [0.717, 1.165) is 23.3 Å². The first-order chi connectivity index (χ1) is 12.9. The lowest BCUT2D eigenvalue weighted by atomic mass is 10.1. The summed E-state index contributed by atoms with van der Waals surface area (Å²) in [5.74, 6) is -3.33. The van der Waals surface area contributed by atoms with Crippen LogP contribution in [0.15, 0.2) is 60.7 Å². The molecule has 0 fully saturated rings. The summed E-state index contributed by atoms with van der Waals surface area (Å²) in [6, 6.07) is 14.1. The number of carbonyl (C=O) groups is 1. The molecule has 0 spiro atoms. The third kappa shape index (κ3) is 3.49. The van der Waals surface area contributed by atoms with Gasteiger partial charge in [-0.25, -0.2) is 4.79 Å². The highest BCUT2D eigenvalue weighted by molar-refractivity contribution is 5.98. The van der Waals surface area contributed by atoms with Gasteiger partial charge in [0.25, 0.3) is 0 Å².